The van der Waals surface area contributed by atoms with E-state index in [1.807, 2.05) is 0 Å². The molecule has 0 fully saturated rings. The number of anilines is 1. The topological polar surface area (TPSA) is 128 Å². The summed E-state index contributed by atoms with van der Waals surface area (Å²) >= 11 is 0. The number of nitro benzene ring substituents is 1. The van der Waals surface area contributed by atoms with Gasteiger partial charge >= 0.3 is 5.69 Å². The Kier molecular flexibility index (Phi) is 8.77. The molecule has 0 bridgehead atoms. The highest BCUT2D eigenvalue weighted by atomic mass is 32.2. The van der Waals surface area contributed by atoms with Gasteiger partial charge in [-0.3, -0.25) is 14.9 Å². The standard InChI is InChI=1S/C22H29N3O7S/c1-6-24(7-2)33(29,30)17-10-12-20(32-15(4)5)18(14-17)23-22(26)16-9-11-21(31-8-3)19(13-16)25(27)28/h9-15H,6-8H2,1-5H3,(H,23,26). The molecule has 0 unspecified atom stereocenters. The second kappa shape index (κ2) is 11.1. The summed E-state index contributed by atoms with van der Waals surface area (Å²) in [5, 5.41) is 14.0. The predicted molar refractivity (Wildman–Crippen MR) is 125 cm³/mol. The third kappa shape index (κ3) is 6.20. The lowest BCUT2D eigenvalue weighted by atomic mass is 10.1. The van der Waals surface area contributed by atoms with E-state index < -0.39 is 20.9 Å². The van der Waals surface area contributed by atoms with Gasteiger partial charge in [-0.2, -0.15) is 4.31 Å². The molecule has 1 amide bonds. The maximum Gasteiger partial charge on any atom is 0.311 e. The molecule has 10 nitrogen and oxygen atoms in total. The fraction of sp³-hybridized carbons (Fsp3) is 0.409. The van der Waals surface area contributed by atoms with Crippen molar-refractivity contribution >= 4 is 27.3 Å². The number of nitrogens with zero attached hydrogens (tertiary/aromatic N) is 2. The Morgan fingerprint density at radius 1 is 1.09 bits per heavy atom. The van der Waals surface area contributed by atoms with Gasteiger partial charge in [0, 0.05) is 24.7 Å². The molecule has 0 aromatic heterocycles. The van der Waals surface area contributed by atoms with Crippen LogP contribution in [0.25, 0.3) is 0 Å². The van der Waals surface area contributed by atoms with Crippen molar-refractivity contribution in [2.45, 2.75) is 45.6 Å². The van der Waals surface area contributed by atoms with Gasteiger partial charge in [0.15, 0.2) is 5.75 Å². The Hall–Kier alpha value is -3.18. The number of amides is 1. The van der Waals surface area contributed by atoms with Gasteiger partial charge in [-0.15, -0.1) is 0 Å². The first-order valence-electron chi connectivity index (χ1n) is 10.6. The van der Waals surface area contributed by atoms with E-state index in [9.17, 15) is 23.3 Å². The summed E-state index contributed by atoms with van der Waals surface area (Å²) in [7, 11) is -3.78. The molecule has 0 saturated heterocycles. The van der Waals surface area contributed by atoms with Gasteiger partial charge in [0.25, 0.3) is 5.91 Å². The number of carbonyl (C=O) groups excluding carboxylic acids is 1. The van der Waals surface area contributed by atoms with E-state index in [2.05, 4.69) is 5.32 Å². The van der Waals surface area contributed by atoms with Gasteiger partial charge in [-0.25, -0.2) is 8.42 Å². The number of benzene rings is 2. The molecule has 11 heteroatoms. The lowest BCUT2D eigenvalue weighted by Gasteiger charge is -2.20. The average Bonchev–Trinajstić information content (AvgIpc) is 2.75. The minimum atomic E-state index is -3.78. The normalized spacial score (nSPS) is 11.5. The highest BCUT2D eigenvalue weighted by Crippen LogP contribution is 2.32. The van der Waals surface area contributed by atoms with Gasteiger partial charge in [0.1, 0.15) is 5.75 Å². The summed E-state index contributed by atoms with van der Waals surface area (Å²) in [6, 6.07) is 8.08. The third-order valence-corrected chi connectivity index (χ3v) is 6.67. The number of hydrogen-bond donors (Lipinski definition) is 1. The van der Waals surface area contributed by atoms with Crippen LogP contribution in [0.3, 0.4) is 0 Å². The highest BCUT2D eigenvalue weighted by Gasteiger charge is 2.24. The first-order valence-corrected chi connectivity index (χ1v) is 12.0. The lowest BCUT2D eigenvalue weighted by Crippen LogP contribution is -2.30. The van der Waals surface area contributed by atoms with Crippen LogP contribution in [0.2, 0.25) is 0 Å². The van der Waals surface area contributed by atoms with E-state index in [1.165, 1.54) is 34.6 Å². The summed E-state index contributed by atoms with van der Waals surface area (Å²) < 4.78 is 38.1. The summed E-state index contributed by atoms with van der Waals surface area (Å²) in [6.45, 7) is 9.57. The molecule has 0 radical (unpaired) electrons. The van der Waals surface area contributed by atoms with Crippen LogP contribution in [-0.4, -0.2) is 49.4 Å². The quantitative estimate of drug-likeness (QED) is 0.380. The summed E-state index contributed by atoms with van der Waals surface area (Å²) in [5.74, 6) is -0.334. The fourth-order valence-electron chi connectivity index (χ4n) is 3.11. The van der Waals surface area contributed by atoms with Crippen LogP contribution in [0.15, 0.2) is 41.3 Å². The zero-order valence-electron chi connectivity index (χ0n) is 19.3. The number of sulfonamides is 1. The number of hydrogen-bond acceptors (Lipinski definition) is 7. The van der Waals surface area contributed by atoms with Gasteiger partial charge < -0.3 is 14.8 Å². The van der Waals surface area contributed by atoms with Crippen LogP contribution >= 0.6 is 0 Å². The summed E-state index contributed by atoms with van der Waals surface area (Å²) in [5.41, 5.74) is -0.197. The van der Waals surface area contributed by atoms with Gasteiger partial charge in [0.2, 0.25) is 10.0 Å². The van der Waals surface area contributed by atoms with Crippen molar-refractivity contribution in [2.75, 3.05) is 25.0 Å². The first kappa shape index (κ1) is 26.1. The molecule has 0 saturated carbocycles. The highest BCUT2D eigenvalue weighted by molar-refractivity contribution is 7.89. The van der Waals surface area contributed by atoms with Crippen molar-refractivity contribution in [2.24, 2.45) is 0 Å². The van der Waals surface area contributed by atoms with Crippen LogP contribution in [0.4, 0.5) is 11.4 Å². The zero-order chi connectivity index (χ0) is 24.8. The molecule has 0 heterocycles. The number of ether oxygens (including phenoxy) is 2. The van der Waals surface area contributed by atoms with E-state index in [-0.39, 0.29) is 46.0 Å². The van der Waals surface area contributed by atoms with Crippen molar-refractivity contribution in [3.05, 3.63) is 52.1 Å². The van der Waals surface area contributed by atoms with E-state index in [0.717, 1.165) is 6.07 Å². The second-order valence-corrected chi connectivity index (χ2v) is 9.18. The van der Waals surface area contributed by atoms with Gasteiger partial charge in [-0.1, -0.05) is 13.8 Å². The van der Waals surface area contributed by atoms with Crippen LogP contribution in [0.1, 0.15) is 45.0 Å². The average molecular weight is 480 g/mol. The van der Waals surface area contributed by atoms with Gasteiger partial charge in [-0.05, 0) is 51.1 Å². The first-order chi connectivity index (χ1) is 15.5. The van der Waals surface area contributed by atoms with E-state index >= 15 is 0 Å². The molecule has 1 N–H and O–H groups in total. The van der Waals surface area contributed by atoms with Crippen LogP contribution in [0, 0.1) is 10.1 Å². The SMILES string of the molecule is CCOc1ccc(C(=O)Nc2cc(S(=O)(=O)N(CC)CC)ccc2OC(C)C)cc1[N+](=O)[O-]. The Morgan fingerprint density at radius 2 is 1.73 bits per heavy atom. The Bertz CT molecular complexity index is 1110. The molecule has 0 aliphatic heterocycles. The van der Waals surface area contributed by atoms with E-state index in [1.54, 1.807) is 34.6 Å². The van der Waals surface area contributed by atoms with Crippen molar-refractivity contribution < 1.29 is 27.6 Å². The van der Waals surface area contributed by atoms with Crippen molar-refractivity contribution in [1.82, 2.24) is 4.31 Å². The number of rotatable bonds is 11. The molecule has 0 aliphatic rings. The molecular weight excluding hydrogens is 450 g/mol. The van der Waals surface area contributed by atoms with Crippen LogP contribution < -0.4 is 14.8 Å². The van der Waals surface area contributed by atoms with Crippen molar-refractivity contribution in [3.63, 3.8) is 0 Å². The molecule has 180 valence electrons. The molecule has 0 atom stereocenters. The van der Waals surface area contributed by atoms with E-state index in [0.29, 0.717) is 13.1 Å². The smallest absolute Gasteiger partial charge is 0.311 e. The van der Waals surface area contributed by atoms with Gasteiger partial charge in [0.05, 0.1) is 28.2 Å². The predicted octanol–water partition coefficient (Wildman–Crippen LogP) is 4.06. The number of nitrogens with one attached hydrogen (secondary N) is 1. The minimum Gasteiger partial charge on any atom is -0.489 e. The summed E-state index contributed by atoms with van der Waals surface area (Å²) in [4.78, 5) is 23.7. The van der Waals surface area contributed by atoms with Crippen LogP contribution in [-0.2, 0) is 10.0 Å². The molecule has 2 aromatic carbocycles. The zero-order valence-corrected chi connectivity index (χ0v) is 20.1. The maximum absolute atomic E-state index is 12.9. The number of carbonyl (C=O) groups is 1. The maximum atomic E-state index is 12.9. The molecule has 0 aliphatic carbocycles. The molecular formula is C22H29N3O7S. The molecule has 33 heavy (non-hydrogen) atoms. The number of nitro groups is 1. The fourth-order valence-corrected chi connectivity index (χ4v) is 4.59. The molecule has 2 aromatic rings. The molecule has 2 rings (SSSR count). The lowest BCUT2D eigenvalue weighted by molar-refractivity contribution is -0.385. The Labute approximate surface area is 193 Å². The van der Waals surface area contributed by atoms with Crippen molar-refractivity contribution in [1.29, 1.82) is 0 Å². The largest absolute Gasteiger partial charge is 0.489 e. The van der Waals surface area contributed by atoms with E-state index in [4.69, 9.17) is 9.47 Å². The minimum absolute atomic E-state index is 0.00437. The summed E-state index contributed by atoms with van der Waals surface area (Å²) in [6.07, 6.45) is -0.238. The Balaban J connectivity index is 2.48. The molecule has 0 spiro atoms. The third-order valence-electron chi connectivity index (χ3n) is 4.62. The second-order valence-electron chi connectivity index (χ2n) is 7.24. The van der Waals surface area contributed by atoms with Crippen LogP contribution in [0.5, 0.6) is 11.5 Å². The monoisotopic (exact) mass is 479 g/mol. The van der Waals surface area contributed by atoms with Crippen molar-refractivity contribution in [3.8, 4) is 11.5 Å². The Morgan fingerprint density at radius 3 is 2.27 bits per heavy atom.